The minimum Gasteiger partial charge on any atom is -0.411 e. The molecule has 1 aliphatic rings. The molecule has 3 nitrogen and oxygen atoms in total. The predicted molar refractivity (Wildman–Crippen MR) is 45.1 cm³/mol. The SMILES string of the molecule is CN(C)C[C@H]1CCC/C1=N/O. The maximum atomic E-state index is 8.62. The summed E-state index contributed by atoms with van der Waals surface area (Å²) in [5, 5.41) is 11.9. The quantitative estimate of drug-likeness (QED) is 0.481. The van der Waals surface area contributed by atoms with Crippen molar-refractivity contribution in [2.24, 2.45) is 11.1 Å². The first-order chi connectivity index (χ1) is 5.24. The van der Waals surface area contributed by atoms with Crippen LogP contribution in [-0.4, -0.2) is 36.5 Å². The highest BCUT2D eigenvalue weighted by molar-refractivity contribution is 5.88. The highest BCUT2D eigenvalue weighted by atomic mass is 16.4. The van der Waals surface area contributed by atoms with E-state index in [1.807, 2.05) is 14.1 Å². The number of rotatable bonds is 2. The molecule has 0 aliphatic heterocycles. The van der Waals surface area contributed by atoms with Crippen molar-refractivity contribution in [2.45, 2.75) is 19.3 Å². The average molecular weight is 156 g/mol. The molecule has 3 heteroatoms. The van der Waals surface area contributed by atoms with Gasteiger partial charge in [0.05, 0.1) is 5.71 Å². The molecular weight excluding hydrogens is 140 g/mol. The molecular formula is C8H16N2O. The van der Waals surface area contributed by atoms with E-state index in [0.717, 1.165) is 18.7 Å². The van der Waals surface area contributed by atoms with E-state index >= 15 is 0 Å². The summed E-state index contributed by atoms with van der Waals surface area (Å²) in [6, 6.07) is 0. The lowest BCUT2D eigenvalue weighted by atomic mass is 10.1. The van der Waals surface area contributed by atoms with E-state index < -0.39 is 0 Å². The lowest BCUT2D eigenvalue weighted by Crippen LogP contribution is -2.24. The van der Waals surface area contributed by atoms with Gasteiger partial charge in [-0.2, -0.15) is 0 Å². The van der Waals surface area contributed by atoms with Crippen LogP contribution in [0.2, 0.25) is 0 Å². The molecule has 0 heterocycles. The summed E-state index contributed by atoms with van der Waals surface area (Å²) < 4.78 is 0. The van der Waals surface area contributed by atoms with Gasteiger partial charge in [0.15, 0.2) is 0 Å². The molecule has 1 N–H and O–H groups in total. The molecule has 1 rings (SSSR count). The van der Waals surface area contributed by atoms with Crippen LogP contribution < -0.4 is 0 Å². The number of hydrogen-bond donors (Lipinski definition) is 1. The highest BCUT2D eigenvalue weighted by Crippen LogP contribution is 2.22. The topological polar surface area (TPSA) is 35.8 Å². The molecule has 64 valence electrons. The zero-order valence-electron chi connectivity index (χ0n) is 7.25. The number of oxime groups is 1. The second kappa shape index (κ2) is 3.72. The first kappa shape index (κ1) is 8.53. The van der Waals surface area contributed by atoms with Gasteiger partial charge in [0.1, 0.15) is 0 Å². The van der Waals surface area contributed by atoms with Gasteiger partial charge in [-0.05, 0) is 33.4 Å². The van der Waals surface area contributed by atoms with Gasteiger partial charge in [0.2, 0.25) is 0 Å². The summed E-state index contributed by atoms with van der Waals surface area (Å²) in [6.45, 7) is 1.01. The van der Waals surface area contributed by atoms with E-state index in [0.29, 0.717) is 5.92 Å². The van der Waals surface area contributed by atoms with Gasteiger partial charge in [-0.15, -0.1) is 0 Å². The Hall–Kier alpha value is -0.570. The first-order valence-corrected chi connectivity index (χ1v) is 4.09. The van der Waals surface area contributed by atoms with Gasteiger partial charge < -0.3 is 10.1 Å². The van der Waals surface area contributed by atoms with Gasteiger partial charge in [0, 0.05) is 12.5 Å². The van der Waals surface area contributed by atoms with Crippen molar-refractivity contribution < 1.29 is 5.21 Å². The van der Waals surface area contributed by atoms with Gasteiger partial charge in [0.25, 0.3) is 0 Å². The molecule has 1 fully saturated rings. The molecule has 0 aromatic rings. The molecule has 0 aromatic heterocycles. The van der Waals surface area contributed by atoms with Crippen LogP contribution in [0.1, 0.15) is 19.3 Å². The van der Waals surface area contributed by atoms with Crippen molar-refractivity contribution in [1.29, 1.82) is 0 Å². The monoisotopic (exact) mass is 156 g/mol. The van der Waals surface area contributed by atoms with E-state index in [2.05, 4.69) is 10.1 Å². The van der Waals surface area contributed by atoms with Gasteiger partial charge in [-0.25, -0.2) is 0 Å². The van der Waals surface area contributed by atoms with Crippen molar-refractivity contribution in [1.82, 2.24) is 4.90 Å². The Morgan fingerprint density at radius 1 is 1.64 bits per heavy atom. The predicted octanol–water partition coefficient (Wildman–Crippen LogP) is 1.18. The number of hydrogen-bond acceptors (Lipinski definition) is 3. The van der Waals surface area contributed by atoms with Gasteiger partial charge in [-0.3, -0.25) is 0 Å². The van der Waals surface area contributed by atoms with Crippen LogP contribution >= 0.6 is 0 Å². The Morgan fingerprint density at radius 2 is 2.36 bits per heavy atom. The van der Waals surface area contributed by atoms with Crippen LogP contribution in [0.15, 0.2) is 5.16 Å². The zero-order valence-corrected chi connectivity index (χ0v) is 7.25. The molecule has 0 unspecified atom stereocenters. The maximum absolute atomic E-state index is 8.62. The largest absolute Gasteiger partial charge is 0.411 e. The Balaban J connectivity index is 2.44. The fourth-order valence-corrected chi connectivity index (χ4v) is 1.67. The van der Waals surface area contributed by atoms with E-state index in [9.17, 15) is 0 Å². The molecule has 11 heavy (non-hydrogen) atoms. The van der Waals surface area contributed by atoms with Crippen LogP contribution in [0.25, 0.3) is 0 Å². The fourth-order valence-electron chi connectivity index (χ4n) is 1.67. The summed E-state index contributed by atoms with van der Waals surface area (Å²) in [5.74, 6) is 0.495. The minimum absolute atomic E-state index is 0.495. The third-order valence-electron chi connectivity index (χ3n) is 2.17. The van der Waals surface area contributed by atoms with Crippen LogP contribution in [0.3, 0.4) is 0 Å². The lowest BCUT2D eigenvalue weighted by molar-refractivity contribution is 0.309. The van der Waals surface area contributed by atoms with Crippen molar-refractivity contribution in [2.75, 3.05) is 20.6 Å². The average Bonchev–Trinajstić information content (AvgIpc) is 2.34. The normalized spacial score (nSPS) is 28.6. The molecule has 0 saturated heterocycles. The Bertz CT molecular complexity index is 154. The standard InChI is InChI=1S/C8H16N2O/c1-10(2)6-7-4-3-5-8(7)9-11/h7,11H,3-6H2,1-2H3/b9-8-/t7-/m1/s1. The summed E-state index contributed by atoms with van der Waals surface area (Å²) in [6.07, 6.45) is 3.34. The van der Waals surface area contributed by atoms with Crippen LogP contribution in [0.4, 0.5) is 0 Å². The van der Waals surface area contributed by atoms with Crippen LogP contribution in [0.5, 0.6) is 0 Å². The second-order valence-electron chi connectivity index (χ2n) is 3.44. The van der Waals surface area contributed by atoms with Crippen molar-refractivity contribution >= 4 is 5.71 Å². The third kappa shape index (κ3) is 2.19. The van der Waals surface area contributed by atoms with Gasteiger partial charge in [-0.1, -0.05) is 5.16 Å². The maximum Gasteiger partial charge on any atom is 0.0614 e. The first-order valence-electron chi connectivity index (χ1n) is 4.09. The highest BCUT2D eigenvalue weighted by Gasteiger charge is 2.23. The zero-order chi connectivity index (χ0) is 8.27. The van der Waals surface area contributed by atoms with Crippen LogP contribution in [0, 0.1) is 5.92 Å². The van der Waals surface area contributed by atoms with Crippen molar-refractivity contribution in [3.8, 4) is 0 Å². The summed E-state index contributed by atoms with van der Waals surface area (Å²) >= 11 is 0. The molecule has 1 saturated carbocycles. The van der Waals surface area contributed by atoms with Crippen molar-refractivity contribution in [3.05, 3.63) is 0 Å². The summed E-state index contributed by atoms with van der Waals surface area (Å²) in [7, 11) is 4.10. The van der Waals surface area contributed by atoms with E-state index in [-0.39, 0.29) is 0 Å². The smallest absolute Gasteiger partial charge is 0.0614 e. The fraction of sp³-hybridized carbons (Fsp3) is 0.875. The van der Waals surface area contributed by atoms with Crippen LogP contribution in [-0.2, 0) is 0 Å². The van der Waals surface area contributed by atoms with E-state index in [4.69, 9.17) is 5.21 Å². The minimum atomic E-state index is 0.495. The Morgan fingerprint density at radius 3 is 2.91 bits per heavy atom. The number of nitrogens with zero attached hydrogens (tertiary/aromatic N) is 2. The van der Waals surface area contributed by atoms with E-state index in [1.54, 1.807) is 0 Å². The molecule has 0 bridgehead atoms. The van der Waals surface area contributed by atoms with Gasteiger partial charge >= 0.3 is 0 Å². The molecule has 0 aromatic carbocycles. The van der Waals surface area contributed by atoms with E-state index in [1.165, 1.54) is 12.8 Å². The Labute approximate surface area is 67.7 Å². The molecule has 1 aliphatic carbocycles. The second-order valence-corrected chi connectivity index (χ2v) is 3.44. The summed E-state index contributed by atoms with van der Waals surface area (Å²) in [4.78, 5) is 2.14. The lowest BCUT2D eigenvalue weighted by Gasteiger charge is -2.15. The summed E-state index contributed by atoms with van der Waals surface area (Å²) in [5.41, 5.74) is 0.985. The Kier molecular flexibility index (Phi) is 2.88. The molecule has 1 atom stereocenters. The molecule has 0 amide bonds. The van der Waals surface area contributed by atoms with Crippen molar-refractivity contribution in [3.63, 3.8) is 0 Å². The third-order valence-corrected chi connectivity index (χ3v) is 2.17. The molecule has 0 radical (unpaired) electrons. The molecule has 0 spiro atoms.